The first-order valence-electron chi connectivity index (χ1n) is 8.98. The number of amidine groups is 2. The summed E-state index contributed by atoms with van der Waals surface area (Å²) in [6.07, 6.45) is 3.08. The minimum Gasteiger partial charge on any atom is -0.462 e. The van der Waals surface area contributed by atoms with E-state index in [9.17, 15) is 4.79 Å². The van der Waals surface area contributed by atoms with Crippen molar-refractivity contribution in [2.24, 2.45) is 10.1 Å². The van der Waals surface area contributed by atoms with Crippen molar-refractivity contribution < 1.29 is 13.6 Å². The SMILES string of the molecule is N=C1/C(=C/c2ccc(SCc3ccccc3)o2)C(=O)N=C2SC(c3ccco3)=NN12. The van der Waals surface area contributed by atoms with E-state index in [0.29, 0.717) is 21.7 Å². The quantitative estimate of drug-likeness (QED) is 0.456. The highest BCUT2D eigenvalue weighted by Gasteiger charge is 2.36. The molecule has 0 aliphatic carbocycles. The Kier molecular flexibility index (Phi) is 4.89. The predicted octanol–water partition coefficient (Wildman–Crippen LogP) is 4.83. The molecule has 0 saturated heterocycles. The molecule has 0 radical (unpaired) electrons. The van der Waals surface area contributed by atoms with Gasteiger partial charge >= 0.3 is 0 Å². The monoisotopic (exact) mass is 434 g/mol. The second-order valence-electron chi connectivity index (χ2n) is 6.33. The summed E-state index contributed by atoms with van der Waals surface area (Å²) < 4.78 is 11.2. The van der Waals surface area contributed by atoms with E-state index in [1.807, 2.05) is 24.3 Å². The van der Waals surface area contributed by atoms with E-state index in [2.05, 4.69) is 22.2 Å². The zero-order chi connectivity index (χ0) is 20.5. The molecule has 4 heterocycles. The van der Waals surface area contributed by atoms with Gasteiger partial charge in [-0.25, -0.2) is 0 Å². The van der Waals surface area contributed by atoms with E-state index in [0.717, 1.165) is 10.8 Å². The number of thioether (sulfide) groups is 2. The van der Waals surface area contributed by atoms with Gasteiger partial charge in [-0.2, -0.15) is 15.1 Å². The maximum absolute atomic E-state index is 12.5. The summed E-state index contributed by atoms with van der Waals surface area (Å²) in [4.78, 5) is 16.6. The van der Waals surface area contributed by atoms with Gasteiger partial charge in [0.25, 0.3) is 5.91 Å². The Bertz CT molecular complexity index is 1210. The fourth-order valence-corrected chi connectivity index (χ4v) is 4.53. The Morgan fingerprint density at radius 3 is 2.80 bits per heavy atom. The molecule has 0 atom stereocenters. The molecular formula is C21H14N4O3S2. The molecule has 1 amide bonds. The lowest BCUT2D eigenvalue weighted by Gasteiger charge is -2.19. The third-order valence-corrected chi connectivity index (χ3v) is 6.20. The molecular weight excluding hydrogens is 420 g/mol. The van der Waals surface area contributed by atoms with Gasteiger partial charge < -0.3 is 8.83 Å². The molecule has 2 aliphatic rings. The molecule has 7 nitrogen and oxygen atoms in total. The number of hydrogen-bond acceptors (Lipinski definition) is 7. The summed E-state index contributed by atoms with van der Waals surface area (Å²) in [6, 6.07) is 17.2. The van der Waals surface area contributed by atoms with Crippen LogP contribution in [0.5, 0.6) is 0 Å². The van der Waals surface area contributed by atoms with Crippen molar-refractivity contribution in [1.82, 2.24) is 5.01 Å². The number of carbonyl (C=O) groups is 1. The van der Waals surface area contributed by atoms with Crippen LogP contribution in [-0.4, -0.2) is 27.0 Å². The topological polar surface area (TPSA) is 95.2 Å². The molecule has 0 bridgehead atoms. The predicted molar refractivity (Wildman–Crippen MR) is 118 cm³/mol. The number of hydrogen-bond donors (Lipinski definition) is 1. The molecule has 30 heavy (non-hydrogen) atoms. The lowest BCUT2D eigenvalue weighted by atomic mass is 10.1. The third-order valence-electron chi connectivity index (χ3n) is 4.30. The Morgan fingerprint density at radius 1 is 1.13 bits per heavy atom. The average Bonchev–Trinajstić information content (AvgIpc) is 3.51. The summed E-state index contributed by atoms with van der Waals surface area (Å²) in [6.45, 7) is 0. The van der Waals surface area contributed by atoms with Crippen molar-refractivity contribution in [2.45, 2.75) is 10.8 Å². The number of hydrazone groups is 1. The van der Waals surface area contributed by atoms with Gasteiger partial charge in [0, 0.05) is 5.75 Å². The number of furan rings is 2. The van der Waals surface area contributed by atoms with Crippen LogP contribution in [0.15, 0.2) is 90.5 Å². The summed E-state index contributed by atoms with van der Waals surface area (Å²) in [5, 5.41) is 15.8. The first-order chi connectivity index (χ1) is 14.7. The molecule has 2 aromatic heterocycles. The van der Waals surface area contributed by atoms with Crippen molar-refractivity contribution in [3.8, 4) is 0 Å². The van der Waals surface area contributed by atoms with Crippen molar-refractivity contribution in [3.63, 3.8) is 0 Å². The van der Waals surface area contributed by atoms with E-state index in [1.165, 1.54) is 28.4 Å². The number of fused-ring (bicyclic) bond motifs is 1. The fraction of sp³-hybridized carbons (Fsp3) is 0.0476. The lowest BCUT2D eigenvalue weighted by Crippen LogP contribution is -2.35. The van der Waals surface area contributed by atoms with Crippen LogP contribution in [0.4, 0.5) is 0 Å². The van der Waals surface area contributed by atoms with Crippen molar-refractivity contribution in [3.05, 3.63) is 83.5 Å². The van der Waals surface area contributed by atoms with Crippen LogP contribution >= 0.6 is 23.5 Å². The zero-order valence-corrected chi connectivity index (χ0v) is 17.1. The van der Waals surface area contributed by atoms with Gasteiger partial charge in [0.1, 0.15) is 5.76 Å². The van der Waals surface area contributed by atoms with Crippen molar-refractivity contribution in [1.29, 1.82) is 5.41 Å². The van der Waals surface area contributed by atoms with Crippen LogP contribution in [0.25, 0.3) is 6.08 Å². The maximum atomic E-state index is 12.5. The second kappa shape index (κ2) is 7.85. The molecule has 2 aliphatic heterocycles. The van der Waals surface area contributed by atoms with E-state index < -0.39 is 5.91 Å². The normalized spacial score (nSPS) is 17.3. The summed E-state index contributed by atoms with van der Waals surface area (Å²) >= 11 is 2.76. The highest BCUT2D eigenvalue weighted by molar-refractivity contribution is 8.27. The lowest BCUT2D eigenvalue weighted by molar-refractivity contribution is -0.114. The number of nitrogens with one attached hydrogen (secondary N) is 1. The summed E-state index contributed by atoms with van der Waals surface area (Å²) in [7, 11) is 0. The van der Waals surface area contributed by atoms with Gasteiger partial charge in [-0.05, 0) is 47.7 Å². The Morgan fingerprint density at radius 2 is 2.00 bits per heavy atom. The van der Waals surface area contributed by atoms with Gasteiger partial charge in [-0.1, -0.05) is 42.1 Å². The Labute approximate surface area is 180 Å². The number of nitrogens with zero attached hydrogens (tertiary/aromatic N) is 3. The molecule has 1 N–H and O–H groups in total. The number of amides is 1. The number of carbonyl (C=O) groups excluding carboxylic acids is 1. The average molecular weight is 435 g/mol. The number of rotatable bonds is 5. The summed E-state index contributed by atoms with van der Waals surface area (Å²) in [5.41, 5.74) is 1.32. The van der Waals surface area contributed by atoms with E-state index in [4.69, 9.17) is 14.2 Å². The van der Waals surface area contributed by atoms with Gasteiger partial charge in [0.05, 0.1) is 11.8 Å². The van der Waals surface area contributed by atoms with Gasteiger partial charge in [0.2, 0.25) is 5.17 Å². The van der Waals surface area contributed by atoms with Crippen molar-refractivity contribution >= 4 is 51.6 Å². The Balaban J connectivity index is 1.34. The zero-order valence-electron chi connectivity index (χ0n) is 15.4. The molecule has 148 valence electrons. The molecule has 0 saturated carbocycles. The minimum atomic E-state index is -0.496. The first-order valence-corrected chi connectivity index (χ1v) is 10.8. The minimum absolute atomic E-state index is 0.0473. The molecule has 5 rings (SSSR count). The number of aliphatic imine (C=N–C) groups is 1. The fourth-order valence-electron chi connectivity index (χ4n) is 2.85. The molecule has 0 spiro atoms. The van der Waals surface area contributed by atoms with Crippen molar-refractivity contribution in [2.75, 3.05) is 0 Å². The first kappa shape index (κ1) is 18.7. The van der Waals surface area contributed by atoms with Gasteiger partial charge in [-0.3, -0.25) is 10.2 Å². The standard InChI is InChI=1S/C21H14N4O3S2/c22-18-15(11-14-8-9-17(28-14)29-12-13-5-2-1-3-6-13)19(26)23-21-25(18)24-20(30-21)16-7-4-10-27-16/h1-11,22H,12H2/b15-11-,22-18?. The van der Waals surface area contributed by atoms with Crippen LogP contribution in [0.3, 0.4) is 0 Å². The Hall–Kier alpha value is -3.30. The molecule has 0 unspecified atom stereocenters. The van der Waals surface area contributed by atoms with E-state index in [1.54, 1.807) is 36.2 Å². The van der Waals surface area contributed by atoms with Crippen LogP contribution in [0, 0.1) is 5.41 Å². The second-order valence-corrected chi connectivity index (χ2v) is 8.27. The van der Waals surface area contributed by atoms with Gasteiger partial charge in [-0.15, -0.1) is 0 Å². The van der Waals surface area contributed by atoms with Crippen LogP contribution in [0.2, 0.25) is 0 Å². The van der Waals surface area contributed by atoms with Crippen LogP contribution in [-0.2, 0) is 10.5 Å². The highest BCUT2D eigenvalue weighted by Crippen LogP contribution is 2.32. The largest absolute Gasteiger partial charge is 0.462 e. The maximum Gasteiger partial charge on any atom is 0.283 e. The molecule has 0 fully saturated rings. The van der Waals surface area contributed by atoms with Crippen LogP contribution in [0.1, 0.15) is 17.1 Å². The number of benzene rings is 1. The highest BCUT2D eigenvalue weighted by atomic mass is 32.2. The van der Waals surface area contributed by atoms with Crippen LogP contribution < -0.4 is 0 Å². The summed E-state index contributed by atoms with van der Waals surface area (Å²) in [5.74, 6) is 1.29. The molecule has 1 aromatic carbocycles. The van der Waals surface area contributed by atoms with Gasteiger partial charge in [0.15, 0.2) is 21.7 Å². The third kappa shape index (κ3) is 3.64. The molecule has 3 aromatic rings. The van der Waals surface area contributed by atoms with E-state index in [-0.39, 0.29) is 11.4 Å². The van der Waals surface area contributed by atoms with E-state index >= 15 is 0 Å². The molecule has 9 heteroatoms. The smallest absolute Gasteiger partial charge is 0.283 e.